The number of phosphoric acid groups is 3. The number of phosphoric ester groups is 2. The molecule has 0 spiro atoms. The van der Waals surface area contributed by atoms with Crippen molar-refractivity contribution in [2.24, 2.45) is 29.0 Å². The van der Waals surface area contributed by atoms with Crippen molar-refractivity contribution in [3.8, 4) is 0 Å². The lowest BCUT2D eigenvalue weighted by Gasteiger charge is -2.27. The zero-order valence-corrected chi connectivity index (χ0v) is 79.0. The van der Waals surface area contributed by atoms with Gasteiger partial charge in [-0.1, -0.05) is 83.7 Å². The van der Waals surface area contributed by atoms with Gasteiger partial charge in [0.25, 0.3) is 30.4 Å². The Morgan fingerprint density at radius 2 is 1.29 bits per heavy atom. The van der Waals surface area contributed by atoms with Crippen LogP contribution in [0.2, 0.25) is 0 Å². The molecule has 2 amide bonds. The van der Waals surface area contributed by atoms with Crippen molar-refractivity contribution in [2.75, 3.05) is 68.9 Å². The Bertz CT molecular complexity index is 5780. The van der Waals surface area contributed by atoms with Crippen LogP contribution in [0.5, 0.6) is 0 Å². The molecule has 8 rings (SSSR count). The first kappa shape index (κ1) is 110. The predicted molar refractivity (Wildman–Crippen MR) is 475 cm³/mol. The predicted octanol–water partition coefficient (Wildman–Crippen LogP) is 7.98. The van der Waals surface area contributed by atoms with Crippen LogP contribution in [-0.4, -0.2) is 204 Å². The van der Waals surface area contributed by atoms with Gasteiger partial charge in [0, 0.05) is 109 Å². The largest absolute Gasteiger partial charge is 0.748 e. The quantitative estimate of drug-likeness (QED) is 0.00576. The molecule has 6 unspecified atom stereocenters. The second kappa shape index (κ2) is 49.0. The van der Waals surface area contributed by atoms with Crippen molar-refractivity contribution >= 4 is 142 Å². The molecule has 4 heterocycles. The average molecular weight is 1970 g/mol. The van der Waals surface area contributed by atoms with E-state index in [4.69, 9.17) is 40.3 Å². The van der Waals surface area contributed by atoms with Gasteiger partial charge in [0.05, 0.1) is 50.7 Å². The van der Waals surface area contributed by atoms with E-state index in [0.29, 0.717) is 173 Å². The number of nitrogen functional groups attached to an aromatic ring is 1. The van der Waals surface area contributed by atoms with Crippen LogP contribution >= 0.6 is 23.5 Å². The minimum Gasteiger partial charge on any atom is -0.748 e. The highest BCUT2D eigenvalue weighted by atomic mass is 32.2. The van der Waals surface area contributed by atoms with Crippen LogP contribution in [0, 0.1) is 11.8 Å². The van der Waals surface area contributed by atoms with E-state index in [9.17, 15) is 109 Å². The highest BCUT2D eigenvalue weighted by Crippen LogP contribution is 2.68. The van der Waals surface area contributed by atoms with E-state index in [-0.39, 0.29) is 84.2 Å². The first-order chi connectivity index (χ1) is 60.2. The van der Waals surface area contributed by atoms with Crippen LogP contribution in [-0.2, 0) is 117 Å². The number of fused-ring (bicyclic) bond motifs is 6. The van der Waals surface area contributed by atoms with E-state index < -0.39 is 155 Å². The number of benzene rings is 4. The molecule has 0 saturated carbocycles. The van der Waals surface area contributed by atoms with Crippen LogP contribution in [0.1, 0.15) is 194 Å². The number of unbranched alkanes of at least 4 members (excludes halogenated alkanes) is 7. The second-order valence-corrected chi connectivity index (χ2v) is 42.8. The number of nitrogens with zero attached hydrogens (tertiary/aromatic N) is 4. The average Bonchev–Trinajstić information content (AvgIpc) is 1.46. The minimum absolute atomic E-state index is 0.000211. The Balaban J connectivity index is 0.000000574. The molecule has 720 valence electrons. The standard InChI is InChI=1S/C65H91N7O16S4.C14H26N3O13P3.O3S/c1-6-35-69-62(75)46(21-13-16-33-67)40-56(74)53(23-14-17-34-68)70-63(76)45(20-12-15-32-66)39-47(73)22-9-8-18-36-71-55-31-29-50-52(42-49(91(83,84)85)43-57(50)92(86,87)88)61(55)65(4,5)59(71)25-11-7-10-24-58-64(2,3)60-51-41-48(90(80,81)82)28-26-44(51)27-30-54(60)72(58)37-19-38-89(77,78)79;1-2-3-4-7-26-31(20,21)29-33(24,25)30-32(22,23)27-9-11-10(18)8-13(28-11)17-6-5-12(15)16-14(17)19;1-4(2)3/h7,10-11,24-31,41-43,45-46,53H,6,8-9,12-23,32-40,66-68H2,1-5H3,(H5-,69,70,75,76,77,78,79,80,81,82,83,84,85,86,87,88);5-6,10-11,13,18H,2-4,7-9H2,1H3,(H,20,21)(H,22,23)(H,24,25)(H2,15,16,19);/t;10-,11-,13-;/m.1./s1. The zero-order valence-electron chi connectivity index (χ0n) is 72.2. The highest BCUT2D eigenvalue weighted by molar-refractivity contribution is 7.87. The second-order valence-electron chi connectivity index (χ2n) is 32.0. The van der Waals surface area contributed by atoms with Gasteiger partial charge in [-0.05, 0) is 181 Å². The Labute approximate surface area is 751 Å². The van der Waals surface area contributed by atoms with Gasteiger partial charge in [-0.3, -0.25) is 46.5 Å². The minimum atomic E-state index is -5.58. The number of hydrogen-bond donors (Lipinski definition) is 13. The van der Waals surface area contributed by atoms with Crippen molar-refractivity contribution in [3.63, 3.8) is 0 Å². The Kier molecular flexibility index (Phi) is 41.9. The molecule has 0 radical (unpaired) electrons. The maximum absolute atomic E-state index is 14.2. The molecule has 1 fully saturated rings. The summed E-state index contributed by atoms with van der Waals surface area (Å²) in [5, 5.41) is 17.3. The van der Waals surface area contributed by atoms with Gasteiger partial charge >= 0.3 is 39.8 Å². The van der Waals surface area contributed by atoms with Crippen molar-refractivity contribution in [3.05, 3.63) is 125 Å². The summed E-state index contributed by atoms with van der Waals surface area (Å²) in [6.45, 7) is 12.4. The van der Waals surface area contributed by atoms with Crippen LogP contribution in [0.4, 0.5) is 17.2 Å². The van der Waals surface area contributed by atoms with Gasteiger partial charge in [0.15, 0.2) is 11.5 Å². The van der Waals surface area contributed by atoms with Crippen molar-refractivity contribution < 1.29 is 144 Å². The first-order valence-corrected chi connectivity index (χ1v) is 53.0. The maximum atomic E-state index is 14.2. The molecule has 4 aromatic carbocycles. The van der Waals surface area contributed by atoms with Crippen LogP contribution in [0.25, 0.3) is 21.5 Å². The summed E-state index contributed by atoms with van der Waals surface area (Å²) in [5.74, 6) is -3.07. The van der Waals surface area contributed by atoms with Gasteiger partial charge in [0.2, 0.25) is 17.5 Å². The topological polar surface area (TPSA) is 687 Å². The summed E-state index contributed by atoms with van der Waals surface area (Å²) in [5.41, 5.74) is 23.9. The fraction of sp³-hybridized carbons (Fsp3) is 0.557. The normalized spacial score (nSPS) is 18.7. The van der Waals surface area contributed by atoms with E-state index >= 15 is 0 Å². The number of aliphatic hydroxyl groups is 1. The number of nitrogens with one attached hydrogen (secondary N) is 2. The van der Waals surface area contributed by atoms with Gasteiger partial charge in [-0.25, -0.2) is 26.9 Å². The number of nitrogens with two attached hydrogens (primary N) is 4. The number of carbonyl (C=O) groups is 4. The van der Waals surface area contributed by atoms with Crippen molar-refractivity contribution in [2.45, 2.75) is 226 Å². The van der Waals surface area contributed by atoms with E-state index in [1.54, 1.807) is 36.4 Å². The molecule has 3 aliphatic rings. The fourth-order valence-corrected chi connectivity index (χ4v) is 21.3. The summed E-state index contributed by atoms with van der Waals surface area (Å²) in [4.78, 5) is 99.4. The molecule has 42 nitrogen and oxygen atoms in total. The third-order valence-electron chi connectivity index (χ3n) is 21.5. The Morgan fingerprint density at radius 1 is 0.682 bits per heavy atom. The lowest BCUT2D eigenvalue weighted by atomic mass is 9.79. The number of anilines is 2. The highest BCUT2D eigenvalue weighted by Gasteiger charge is 2.48. The smallest absolute Gasteiger partial charge is 0.490 e. The number of Topliss-reactive ketones (excluding diaryl/α,β-unsaturated/α-hetero) is 2. The number of aliphatic hydroxyl groups excluding tert-OH is 1. The van der Waals surface area contributed by atoms with E-state index in [2.05, 4.69) is 33.3 Å². The van der Waals surface area contributed by atoms with Crippen LogP contribution in [0.15, 0.2) is 122 Å². The van der Waals surface area contributed by atoms with Crippen molar-refractivity contribution in [1.82, 2.24) is 20.2 Å². The molecule has 3 aliphatic heterocycles. The molecule has 129 heavy (non-hydrogen) atoms. The molecule has 0 aliphatic carbocycles. The summed E-state index contributed by atoms with van der Waals surface area (Å²) < 4.78 is 228. The monoisotopic (exact) mass is 1970 g/mol. The molecule has 0 bridgehead atoms. The van der Waals surface area contributed by atoms with Gasteiger partial charge in [0.1, 0.15) is 35.4 Å². The van der Waals surface area contributed by atoms with Gasteiger partial charge < -0.3 is 67.5 Å². The number of rotatable bonds is 51. The SMILES string of the molecule is CCCCCOP(=O)(O)OP(=O)(O)OP(=O)(O)OC[C@H]1O[C@@H](n2ccc(N)nc2=O)C[C@H]1O.CCCNC(=O)C(CCCCN)CC(=O)C(CCCCN)NC(=O)C(CCCCN)CC(=O)CCCCC[N+]1=C(C=CC=CC=C2N(CCCS(=O)(=O)[O-])c3ccc4ccc(S(=O)(=O)O)cc4c3C2(C)C)C(C)(C)c2c1ccc1c(S(=O)(=O)O)cc(S(=O)(=O)O)cc21.O=S(=O)=O. The number of ketones is 2. The molecule has 9 atom stereocenters. The van der Waals surface area contributed by atoms with Gasteiger partial charge in [-0.15, -0.1) is 12.6 Å². The summed E-state index contributed by atoms with van der Waals surface area (Å²) in [6.07, 6.45) is 15.4. The number of hydrogen-bond acceptors (Lipinski definition) is 32. The number of aromatic nitrogens is 2. The summed E-state index contributed by atoms with van der Waals surface area (Å²) in [7, 11) is -38.3. The third kappa shape index (κ3) is 33.3. The van der Waals surface area contributed by atoms with Gasteiger partial charge in [-0.2, -0.15) is 43.4 Å². The summed E-state index contributed by atoms with van der Waals surface area (Å²) in [6, 6.07) is 13.3. The fourth-order valence-electron chi connectivity index (χ4n) is 15.4. The lowest BCUT2D eigenvalue weighted by Crippen LogP contribution is -2.45. The maximum Gasteiger partial charge on any atom is 0.490 e. The molecule has 5 aromatic rings. The number of amides is 2. The molecular formula is C79H117N10O32P3S5. The molecular weight excluding hydrogens is 1850 g/mol. The number of carbonyl (C=O) groups excluding carboxylic acids is 4. The van der Waals surface area contributed by atoms with Crippen LogP contribution < -0.4 is 44.2 Å². The first-order valence-electron chi connectivity index (χ1n) is 41.6. The Hall–Kier alpha value is -7.48. The molecule has 17 N–H and O–H groups in total. The molecule has 1 saturated heterocycles. The van der Waals surface area contributed by atoms with E-state index in [0.717, 1.165) is 23.5 Å². The van der Waals surface area contributed by atoms with Crippen LogP contribution in [0.3, 0.4) is 0 Å². The lowest BCUT2D eigenvalue weighted by molar-refractivity contribution is -0.438. The van der Waals surface area contributed by atoms with E-state index in [1.807, 2.05) is 69.2 Å². The third-order valence-corrected chi connectivity index (χ3v) is 29.1. The van der Waals surface area contributed by atoms with E-state index in [1.165, 1.54) is 30.5 Å². The number of ether oxygens (including phenoxy) is 1. The molecule has 50 heteroatoms. The van der Waals surface area contributed by atoms with Crippen molar-refractivity contribution in [1.29, 1.82) is 0 Å². The number of allylic oxidation sites excluding steroid dienone is 6. The summed E-state index contributed by atoms with van der Waals surface area (Å²) >= 11 is 0. The zero-order chi connectivity index (χ0) is 96.4. The Morgan fingerprint density at radius 3 is 1.88 bits per heavy atom. The molecule has 1 aromatic heterocycles.